The van der Waals surface area contributed by atoms with Crippen molar-refractivity contribution in [3.8, 4) is 0 Å². The van der Waals surface area contributed by atoms with Gasteiger partial charge in [0.25, 0.3) is 0 Å². The molecule has 1 aliphatic heterocycles. The minimum atomic E-state index is -0.580. The monoisotopic (exact) mass is 332 g/mol. The molecule has 0 bridgehead atoms. The number of hydrogen-bond acceptors (Lipinski definition) is 4. The van der Waals surface area contributed by atoms with Crippen LogP contribution in [0.3, 0.4) is 0 Å². The van der Waals surface area contributed by atoms with Gasteiger partial charge in [-0.25, -0.2) is 9.78 Å². The fraction of sp³-hybridized carbons (Fsp3) is 0.364. The molecule has 0 aromatic carbocycles. The zero-order valence-corrected chi connectivity index (χ0v) is 11.9. The molecule has 1 aromatic heterocycles. The fourth-order valence-corrected chi connectivity index (χ4v) is 2.37. The highest BCUT2D eigenvalue weighted by molar-refractivity contribution is 9.10. The van der Waals surface area contributed by atoms with Crippen molar-refractivity contribution in [1.29, 1.82) is 0 Å². The molecule has 0 radical (unpaired) electrons. The van der Waals surface area contributed by atoms with E-state index in [4.69, 9.17) is 11.6 Å². The summed E-state index contributed by atoms with van der Waals surface area (Å²) in [5.74, 6) is -0.705. The third-order valence-corrected chi connectivity index (χ3v) is 3.31. The number of anilines is 1. The quantitative estimate of drug-likeness (QED) is 0.613. The van der Waals surface area contributed by atoms with Crippen molar-refractivity contribution in [2.75, 3.05) is 18.6 Å². The molecule has 7 heteroatoms. The number of amides is 1. The topological polar surface area (TPSA) is 59.5 Å². The summed E-state index contributed by atoms with van der Waals surface area (Å²) in [6, 6.07) is 1.66. The number of alkyl halides is 1. The van der Waals surface area contributed by atoms with E-state index in [2.05, 4.69) is 25.7 Å². The molecule has 0 N–H and O–H groups in total. The van der Waals surface area contributed by atoms with Crippen molar-refractivity contribution in [3.05, 3.63) is 22.4 Å². The van der Waals surface area contributed by atoms with E-state index in [-0.39, 0.29) is 23.4 Å². The van der Waals surface area contributed by atoms with Crippen LogP contribution in [0.2, 0.25) is 0 Å². The average molecular weight is 334 g/mol. The molecule has 2 rings (SSSR count). The summed E-state index contributed by atoms with van der Waals surface area (Å²) >= 11 is 9.21. The van der Waals surface area contributed by atoms with Gasteiger partial charge in [-0.2, -0.15) is 0 Å². The van der Waals surface area contributed by atoms with Crippen LogP contribution >= 0.6 is 27.5 Å². The molecular formula is C11H10BrClN2O3. The second kappa shape index (κ2) is 5.24. The summed E-state index contributed by atoms with van der Waals surface area (Å²) in [6.07, 6.45) is 1.74. The van der Waals surface area contributed by atoms with Gasteiger partial charge < -0.3 is 9.64 Å². The van der Waals surface area contributed by atoms with E-state index < -0.39 is 5.97 Å². The molecule has 0 spiro atoms. The summed E-state index contributed by atoms with van der Waals surface area (Å²) in [4.78, 5) is 28.9. The Morgan fingerprint density at radius 2 is 2.39 bits per heavy atom. The third kappa shape index (κ3) is 2.49. The van der Waals surface area contributed by atoms with Crippen LogP contribution in [0.4, 0.5) is 5.69 Å². The minimum absolute atomic E-state index is 0.111. The Kier molecular flexibility index (Phi) is 3.87. The Labute approximate surface area is 117 Å². The lowest BCUT2D eigenvalue weighted by Gasteiger charge is -2.18. The van der Waals surface area contributed by atoms with Gasteiger partial charge in [0.15, 0.2) is 5.69 Å². The molecule has 1 amide bonds. The molecule has 1 unspecified atom stereocenters. The van der Waals surface area contributed by atoms with E-state index in [9.17, 15) is 9.59 Å². The number of pyridine rings is 1. The first-order valence-corrected chi connectivity index (χ1v) is 6.44. The number of rotatable bonds is 2. The molecule has 96 valence electrons. The van der Waals surface area contributed by atoms with Gasteiger partial charge in [0.1, 0.15) is 0 Å². The lowest BCUT2D eigenvalue weighted by Crippen LogP contribution is -2.27. The van der Waals surface area contributed by atoms with E-state index in [0.717, 1.165) is 0 Å². The van der Waals surface area contributed by atoms with Gasteiger partial charge in [-0.05, 0) is 22.0 Å². The fourth-order valence-electron chi connectivity index (χ4n) is 1.79. The van der Waals surface area contributed by atoms with Crippen molar-refractivity contribution in [2.45, 2.75) is 11.8 Å². The number of aromatic nitrogens is 1. The third-order valence-electron chi connectivity index (χ3n) is 2.58. The molecule has 0 saturated carbocycles. The molecule has 2 heterocycles. The molecule has 1 fully saturated rings. The zero-order chi connectivity index (χ0) is 13.3. The van der Waals surface area contributed by atoms with Gasteiger partial charge in [-0.3, -0.25) is 4.79 Å². The lowest BCUT2D eigenvalue weighted by atomic mass is 10.2. The Balaban J connectivity index is 2.45. The van der Waals surface area contributed by atoms with E-state index in [1.54, 1.807) is 6.07 Å². The minimum Gasteiger partial charge on any atom is -0.464 e. The van der Waals surface area contributed by atoms with Crippen molar-refractivity contribution >= 4 is 45.1 Å². The van der Waals surface area contributed by atoms with Crippen LogP contribution in [0.15, 0.2) is 16.7 Å². The molecular weight excluding hydrogens is 323 g/mol. The molecule has 1 aromatic rings. The van der Waals surface area contributed by atoms with Gasteiger partial charge in [0.2, 0.25) is 5.91 Å². The highest BCUT2D eigenvalue weighted by atomic mass is 79.9. The van der Waals surface area contributed by atoms with Gasteiger partial charge in [0.05, 0.1) is 18.2 Å². The van der Waals surface area contributed by atoms with Gasteiger partial charge in [-0.15, -0.1) is 11.6 Å². The van der Waals surface area contributed by atoms with Crippen LogP contribution in [0, 0.1) is 0 Å². The Morgan fingerprint density at radius 1 is 1.67 bits per heavy atom. The first-order chi connectivity index (χ1) is 8.52. The average Bonchev–Trinajstić information content (AvgIpc) is 2.67. The number of methoxy groups -OCH3 is 1. The van der Waals surface area contributed by atoms with E-state index in [0.29, 0.717) is 16.7 Å². The van der Waals surface area contributed by atoms with Crippen molar-refractivity contribution in [3.63, 3.8) is 0 Å². The van der Waals surface area contributed by atoms with Gasteiger partial charge in [0, 0.05) is 23.6 Å². The van der Waals surface area contributed by atoms with Crippen LogP contribution in [0.5, 0.6) is 0 Å². The van der Waals surface area contributed by atoms with Crippen LogP contribution < -0.4 is 4.90 Å². The van der Waals surface area contributed by atoms with Crippen LogP contribution in [0.1, 0.15) is 16.9 Å². The highest BCUT2D eigenvalue weighted by Crippen LogP contribution is 2.29. The lowest BCUT2D eigenvalue weighted by molar-refractivity contribution is -0.117. The van der Waals surface area contributed by atoms with Crippen molar-refractivity contribution in [2.24, 2.45) is 0 Å². The second-order valence-electron chi connectivity index (χ2n) is 3.82. The summed E-state index contributed by atoms with van der Waals surface area (Å²) in [5, 5.41) is -0.248. The Morgan fingerprint density at radius 3 is 2.94 bits per heavy atom. The molecule has 0 aliphatic carbocycles. The number of carbonyl (C=O) groups excluding carboxylic acids is 2. The first-order valence-electron chi connectivity index (χ1n) is 5.21. The standard InChI is InChI=1S/C11H10BrClN2O3/c1-18-11(17)10-8(2-6(12)4-14-10)15-5-7(13)3-9(15)16/h2,4,7H,3,5H2,1H3. The second-order valence-corrected chi connectivity index (χ2v) is 5.35. The molecule has 1 saturated heterocycles. The normalized spacial score (nSPS) is 19.2. The maximum Gasteiger partial charge on any atom is 0.358 e. The van der Waals surface area contributed by atoms with E-state index in [1.807, 2.05) is 0 Å². The zero-order valence-electron chi connectivity index (χ0n) is 9.52. The largest absolute Gasteiger partial charge is 0.464 e. The molecule has 1 aliphatic rings. The van der Waals surface area contributed by atoms with E-state index >= 15 is 0 Å². The molecule has 18 heavy (non-hydrogen) atoms. The predicted molar refractivity (Wildman–Crippen MR) is 69.9 cm³/mol. The Bertz CT molecular complexity index is 509. The molecule has 5 nitrogen and oxygen atoms in total. The van der Waals surface area contributed by atoms with Crippen LogP contribution in [0.25, 0.3) is 0 Å². The summed E-state index contributed by atoms with van der Waals surface area (Å²) in [6.45, 7) is 0.364. The summed E-state index contributed by atoms with van der Waals surface area (Å²) in [7, 11) is 1.27. The first kappa shape index (κ1) is 13.3. The number of esters is 1. The smallest absolute Gasteiger partial charge is 0.358 e. The SMILES string of the molecule is COC(=O)c1ncc(Br)cc1N1CC(Cl)CC1=O. The number of ether oxygens (including phenoxy) is 1. The van der Waals surface area contributed by atoms with Gasteiger partial charge in [-0.1, -0.05) is 0 Å². The van der Waals surface area contributed by atoms with Crippen molar-refractivity contribution in [1.82, 2.24) is 4.98 Å². The van der Waals surface area contributed by atoms with E-state index in [1.165, 1.54) is 18.2 Å². The van der Waals surface area contributed by atoms with Gasteiger partial charge >= 0.3 is 5.97 Å². The van der Waals surface area contributed by atoms with Crippen molar-refractivity contribution < 1.29 is 14.3 Å². The number of halogens is 2. The number of hydrogen-bond donors (Lipinski definition) is 0. The number of carbonyl (C=O) groups is 2. The summed E-state index contributed by atoms with van der Waals surface area (Å²) < 4.78 is 5.33. The summed E-state index contributed by atoms with van der Waals surface area (Å²) in [5.41, 5.74) is 0.532. The Hall–Kier alpha value is -1.14. The highest BCUT2D eigenvalue weighted by Gasteiger charge is 2.32. The maximum atomic E-state index is 11.8. The maximum absolute atomic E-state index is 11.8. The number of nitrogens with zero attached hydrogens (tertiary/aromatic N) is 2. The van der Waals surface area contributed by atoms with Crippen LogP contribution in [-0.2, 0) is 9.53 Å². The molecule has 1 atom stereocenters. The predicted octanol–water partition coefficient (Wildman–Crippen LogP) is 1.97. The van der Waals surface area contributed by atoms with Crippen LogP contribution in [-0.4, -0.2) is 35.9 Å².